The van der Waals surface area contributed by atoms with Gasteiger partial charge in [0.1, 0.15) is 10.8 Å². The van der Waals surface area contributed by atoms with Crippen molar-refractivity contribution in [3.8, 4) is 0 Å². The minimum absolute atomic E-state index is 0.130. The normalized spacial score (nSPS) is 16.2. The van der Waals surface area contributed by atoms with E-state index in [0.29, 0.717) is 24.0 Å². The average molecular weight is 306 g/mol. The minimum atomic E-state index is 0.130. The number of amides is 1. The number of aromatic nitrogens is 2. The topological polar surface area (TPSA) is 46.4 Å². The molecule has 0 aliphatic heterocycles. The third kappa shape index (κ3) is 3.56. The number of imidazole rings is 1. The number of halogens is 1. The lowest BCUT2D eigenvalue weighted by Crippen LogP contribution is -2.26. The molecule has 2 aromatic rings. The fourth-order valence-corrected chi connectivity index (χ4v) is 3.24. The predicted octanol–water partition coefficient (Wildman–Crippen LogP) is 3.57. The van der Waals surface area contributed by atoms with E-state index in [2.05, 4.69) is 10.3 Å². The number of nitrogens with one attached hydrogen (secondary N) is 1. The van der Waals surface area contributed by atoms with E-state index in [0.717, 1.165) is 11.3 Å². The Morgan fingerprint density at radius 2 is 2.14 bits per heavy atom. The summed E-state index contributed by atoms with van der Waals surface area (Å²) >= 11 is 6.10. The van der Waals surface area contributed by atoms with E-state index < -0.39 is 0 Å². The Kier molecular flexibility index (Phi) is 4.44. The van der Waals surface area contributed by atoms with Crippen molar-refractivity contribution in [3.63, 3.8) is 0 Å². The molecule has 2 aromatic heterocycles. The van der Waals surface area contributed by atoms with Crippen molar-refractivity contribution >= 4 is 23.2 Å². The van der Waals surface area contributed by atoms with Crippen LogP contribution in [0.5, 0.6) is 0 Å². The summed E-state index contributed by atoms with van der Waals surface area (Å²) in [6, 6.07) is 5.59. The molecule has 21 heavy (non-hydrogen) atoms. The van der Waals surface area contributed by atoms with Crippen LogP contribution in [0.4, 0.5) is 0 Å². The van der Waals surface area contributed by atoms with Gasteiger partial charge in [0, 0.05) is 12.6 Å². The monoisotopic (exact) mass is 305 g/mol. The molecule has 1 saturated carbocycles. The van der Waals surface area contributed by atoms with Crippen LogP contribution in [-0.2, 0) is 11.3 Å². The second-order valence-corrected chi connectivity index (χ2v) is 6.18. The Morgan fingerprint density at radius 3 is 2.90 bits per heavy atom. The number of carbonyl (C=O) groups excluding carboxylic acids is 1. The molecule has 0 aromatic carbocycles. The van der Waals surface area contributed by atoms with Crippen molar-refractivity contribution in [1.29, 1.82) is 0 Å². The van der Waals surface area contributed by atoms with Crippen LogP contribution in [0, 0.1) is 5.92 Å². The number of carbonyl (C=O) groups is 1. The van der Waals surface area contributed by atoms with Crippen molar-refractivity contribution in [2.75, 3.05) is 0 Å². The molecule has 1 fully saturated rings. The van der Waals surface area contributed by atoms with Crippen molar-refractivity contribution in [2.45, 2.75) is 45.1 Å². The first-order valence-corrected chi connectivity index (χ1v) is 7.99. The lowest BCUT2D eigenvalue weighted by atomic mass is 9.87. The van der Waals surface area contributed by atoms with E-state index in [1.165, 1.54) is 32.1 Å². The van der Waals surface area contributed by atoms with Crippen molar-refractivity contribution in [3.05, 3.63) is 35.2 Å². The van der Waals surface area contributed by atoms with Crippen molar-refractivity contribution < 1.29 is 4.79 Å². The van der Waals surface area contributed by atoms with Gasteiger partial charge in [-0.1, -0.05) is 36.9 Å². The van der Waals surface area contributed by atoms with Crippen LogP contribution in [0.25, 0.3) is 5.65 Å². The summed E-state index contributed by atoms with van der Waals surface area (Å²) in [6.45, 7) is 0.462. The molecule has 3 rings (SSSR count). The summed E-state index contributed by atoms with van der Waals surface area (Å²) < 4.78 is 1.82. The molecule has 0 spiro atoms. The molecule has 1 N–H and O–H groups in total. The first-order chi connectivity index (χ1) is 10.2. The largest absolute Gasteiger partial charge is 0.350 e. The molecule has 1 amide bonds. The van der Waals surface area contributed by atoms with Crippen LogP contribution in [0.2, 0.25) is 5.15 Å². The summed E-state index contributed by atoms with van der Waals surface area (Å²) in [7, 11) is 0. The number of pyridine rings is 1. The summed E-state index contributed by atoms with van der Waals surface area (Å²) in [4.78, 5) is 16.5. The van der Waals surface area contributed by atoms with Gasteiger partial charge in [0.2, 0.25) is 5.91 Å². The van der Waals surface area contributed by atoms with Gasteiger partial charge in [0.25, 0.3) is 0 Å². The van der Waals surface area contributed by atoms with Crippen LogP contribution in [0.3, 0.4) is 0 Å². The Bertz CT molecular complexity index is 631. The summed E-state index contributed by atoms with van der Waals surface area (Å²) in [6.07, 6.45) is 8.76. The molecule has 4 nitrogen and oxygen atoms in total. The fourth-order valence-electron chi connectivity index (χ4n) is 3.03. The summed E-state index contributed by atoms with van der Waals surface area (Å²) in [5.74, 6) is 0.694. The van der Waals surface area contributed by atoms with E-state index in [1.54, 1.807) is 0 Å². The van der Waals surface area contributed by atoms with Gasteiger partial charge in [-0.2, -0.15) is 0 Å². The Morgan fingerprint density at radius 1 is 1.33 bits per heavy atom. The molecule has 112 valence electrons. The number of hydrogen-bond acceptors (Lipinski definition) is 2. The predicted molar refractivity (Wildman–Crippen MR) is 83.2 cm³/mol. The third-order valence-electron chi connectivity index (χ3n) is 4.16. The Hall–Kier alpha value is -1.55. The van der Waals surface area contributed by atoms with E-state index in [-0.39, 0.29) is 5.91 Å². The standard InChI is InChI=1S/C16H20ClN3O/c17-14-7-4-8-15-19-13(11-20(14)15)10-18-16(21)9-12-5-2-1-3-6-12/h4,7-8,11-12H,1-3,5-6,9-10H2,(H,18,21). The van der Waals surface area contributed by atoms with Crippen LogP contribution in [0.1, 0.15) is 44.2 Å². The number of rotatable bonds is 4. The molecule has 2 heterocycles. The Labute approximate surface area is 129 Å². The minimum Gasteiger partial charge on any atom is -0.350 e. The molecule has 5 heteroatoms. The maximum atomic E-state index is 12.0. The molecule has 1 aliphatic carbocycles. The highest BCUT2D eigenvalue weighted by Crippen LogP contribution is 2.26. The maximum absolute atomic E-state index is 12.0. The van der Waals surface area contributed by atoms with Gasteiger partial charge in [-0.05, 0) is 30.9 Å². The van der Waals surface area contributed by atoms with Crippen molar-refractivity contribution in [2.24, 2.45) is 5.92 Å². The third-order valence-corrected chi connectivity index (χ3v) is 4.47. The van der Waals surface area contributed by atoms with E-state index in [4.69, 9.17) is 11.6 Å². The molecule has 0 atom stereocenters. The molecule has 0 unspecified atom stereocenters. The smallest absolute Gasteiger partial charge is 0.220 e. The van der Waals surface area contributed by atoms with E-state index in [1.807, 2.05) is 28.8 Å². The van der Waals surface area contributed by atoms with Crippen LogP contribution in [-0.4, -0.2) is 15.3 Å². The SMILES string of the molecule is O=C(CC1CCCCC1)NCc1cn2c(Cl)cccc2n1. The fraction of sp³-hybridized carbons (Fsp3) is 0.500. The second-order valence-electron chi connectivity index (χ2n) is 5.79. The quantitative estimate of drug-likeness (QED) is 0.878. The number of hydrogen-bond donors (Lipinski definition) is 1. The Balaban J connectivity index is 1.55. The summed E-state index contributed by atoms with van der Waals surface area (Å²) in [5, 5.41) is 3.59. The van der Waals surface area contributed by atoms with Gasteiger partial charge >= 0.3 is 0 Å². The molecular weight excluding hydrogens is 286 g/mol. The van der Waals surface area contributed by atoms with E-state index in [9.17, 15) is 4.79 Å². The van der Waals surface area contributed by atoms with Crippen molar-refractivity contribution in [1.82, 2.24) is 14.7 Å². The number of fused-ring (bicyclic) bond motifs is 1. The zero-order valence-corrected chi connectivity index (χ0v) is 12.8. The highest BCUT2D eigenvalue weighted by Gasteiger charge is 2.17. The second kappa shape index (κ2) is 6.48. The first kappa shape index (κ1) is 14.4. The van der Waals surface area contributed by atoms with Gasteiger partial charge in [-0.25, -0.2) is 4.98 Å². The van der Waals surface area contributed by atoms with Gasteiger partial charge in [-0.15, -0.1) is 0 Å². The molecular formula is C16H20ClN3O. The van der Waals surface area contributed by atoms with Gasteiger partial charge in [-0.3, -0.25) is 9.20 Å². The van der Waals surface area contributed by atoms with Gasteiger partial charge in [0.15, 0.2) is 0 Å². The van der Waals surface area contributed by atoms with Crippen LogP contribution in [0.15, 0.2) is 24.4 Å². The van der Waals surface area contributed by atoms with E-state index >= 15 is 0 Å². The maximum Gasteiger partial charge on any atom is 0.220 e. The zero-order chi connectivity index (χ0) is 14.7. The summed E-state index contributed by atoms with van der Waals surface area (Å²) in [5.41, 5.74) is 1.64. The molecule has 0 saturated heterocycles. The lowest BCUT2D eigenvalue weighted by Gasteiger charge is -2.20. The molecule has 0 bridgehead atoms. The van der Waals surface area contributed by atoms with Gasteiger partial charge in [0.05, 0.1) is 12.2 Å². The van der Waals surface area contributed by atoms with Crippen LogP contribution >= 0.6 is 11.6 Å². The zero-order valence-electron chi connectivity index (χ0n) is 12.0. The average Bonchev–Trinajstić information content (AvgIpc) is 2.91. The van der Waals surface area contributed by atoms with Gasteiger partial charge < -0.3 is 5.32 Å². The lowest BCUT2D eigenvalue weighted by molar-refractivity contribution is -0.122. The first-order valence-electron chi connectivity index (χ1n) is 7.61. The molecule has 0 radical (unpaired) electrons. The highest BCUT2D eigenvalue weighted by molar-refractivity contribution is 6.29. The van der Waals surface area contributed by atoms with Crippen LogP contribution < -0.4 is 5.32 Å². The molecule has 1 aliphatic rings. The number of nitrogens with zero attached hydrogens (tertiary/aromatic N) is 2. The highest BCUT2D eigenvalue weighted by atomic mass is 35.5.